The molecule has 0 saturated heterocycles. The second-order valence-electron chi connectivity index (χ2n) is 3.14. The normalized spacial score (nSPS) is 10.5. The van der Waals surface area contributed by atoms with E-state index in [0.29, 0.717) is 0 Å². The van der Waals surface area contributed by atoms with Gasteiger partial charge < -0.3 is 5.73 Å². The molecule has 0 aromatic heterocycles. The molecule has 0 aliphatic heterocycles. The van der Waals surface area contributed by atoms with Crippen LogP contribution in [0.4, 0.5) is 4.79 Å². The molecular formula is C6H12N3O2. The lowest BCUT2D eigenvalue weighted by molar-refractivity contribution is -0.129. The van der Waals surface area contributed by atoms with Gasteiger partial charge in [-0.2, -0.15) is 0 Å². The van der Waals surface area contributed by atoms with Crippen LogP contribution in [0.3, 0.4) is 0 Å². The number of nitrogens with one attached hydrogen (secondary N) is 1. The Morgan fingerprint density at radius 1 is 1.36 bits per heavy atom. The van der Waals surface area contributed by atoms with E-state index in [1.807, 2.05) is 5.43 Å². The maximum atomic E-state index is 11.0. The van der Waals surface area contributed by atoms with Crippen molar-refractivity contribution < 1.29 is 9.59 Å². The highest BCUT2D eigenvalue weighted by Gasteiger charge is 2.21. The van der Waals surface area contributed by atoms with Crippen LogP contribution < -0.4 is 16.6 Å². The summed E-state index contributed by atoms with van der Waals surface area (Å²) in [4.78, 5) is 21.0. The Kier molecular flexibility index (Phi) is 2.86. The van der Waals surface area contributed by atoms with E-state index >= 15 is 0 Å². The van der Waals surface area contributed by atoms with Gasteiger partial charge in [0.1, 0.15) is 0 Å². The summed E-state index contributed by atoms with van der Waals surface area (Å²) in [6, 6.07) is -0.900. The lowest BCUT2D eigenvalue weighted by Crippen LogP contribution is -2.43. The van der Waals surface area contributed by atoms with Gasteiger partial charge in [0.2, 0.25) is 5.91 Å². The fourth-order valence-corrected chi connectivity index (χ4v) is 0.274. The number of hydrogen-bond donors (Lipinski definition) is 2. The Labute approximate surface area is 65.3 Å². The molecule has 0 unspecified atom stereocenters. The standard InChI is InChI=1S/C6H12N3O2/c1-6(2,3)4(10)8-9-5(7)11/h1-3H3,(H2,7,11)(H,8,10). The number of carbonyl (C=O) groups is 2. The number of urea groups is 1. The third kappa shape index (κ3) is 4.19. The van der Waals surface area contributed by atoms with Gasteiger partial charge in [0.15, 0.2) is 0 Å². The zero-order valence-electron chi connectivity index (χ0n) is 6.84. The van der Waals surface area contributed by atoms with Crippen LogP contribution in [-0.4, -0.2) is 11.9 Å². The van der Waals surface area contributed by atoms with Crippen LogP contribution >= 0.6 is 0 Å². The number of hydrogen-bond acceptors (Lipinski definition) is 2. The molecule has 0 aromatic rings. The van der Waals surface area contributed by atoms with Crippen molar-refractivity contribution in [2.24, 2.45) is 11.1 Å². The zero-order chi connectivity index (χ0) is 9.07. The summed E-state index contributed by atoms with van der Waals surface area (Å²) < 4.78 is 0. The highest BCUT2D eigenvalue weighted by Crippen LogP contribution is 2.11. The van der Waals surface area contributed by atoms with Crippen LogP contribution in [0.1, 0.15) is 20.8 Å². The smallest absolute Gasteiger partial charge is 0.348 e. The molecule has 11 heavy (non-hydrogen) atoms. The lowest BCUT2D eigenvalue weighted by atomic mass is 9.96. The Hall–Kier alpha value is -1.26. The van der Waals surface area contributed by atoms with E-state index in [-0.39, 0.29) is 5.91 Å². The molecule has 0 aliphatic carbocycles. The minimum atomic E-state index is -0.900. The van der Waals surface area contributed by atoms with Crippen molar-refractivity contribution in [3.8, 4) is 0 Å². The quantitative estimate of drug-likeness (QED) is 0.476. The first-order valence-electron chi connectivity index (χ1n) is 3.14. The van der Waals surface area contributed by atoms with Gasteiger partial charge in [-0.15, -0.1) is 5.43 Å². The molecule has 3 amide bonds. The van der Waals surface area contributed by atoms with Crippen molar-refractivity contribution in [1.29, 1.82) is 0 Å². The topological polar surface area (TPSA) is 86.3 Å². The molecule has 63 valence electrons. The van der Waals surface area contributed by atoms with E-state index in [2.05, 4.69) is 11.2 Å². The van der Waals surface area contributed by atoms with E-state index < -0.39 is 11.4 Å². The molecular weight excluding hydrogens is 146 g/mol. The van der Waals surface area contributed by atoms with Crippen LogP contribution in [-0.2, 0) is 4.79 Å². The molecule has 0 aliphatic rings. The first-order chi connectivity index (χ1) is 4.84. The fourth-order valence-electron chi connectivity index (χ4n) is 0.274. The molecule has 0 aromatic carbocycles. The van der Waals surface area contributed by atoms with Crippen molar-refractivity contribution in [3.05, 3.63) is 0 Å². The molecule has 0 spiro atoms. The van der Waals surface area contributed by atoms with Gasteiger partial charge in [0, 0.05) is 5.41 Å². The monoisotopic (exact) mass is 158 g/mol. The van der Waals surface area contributed by atoms with Crippen LogP contribution in [0.25, 0.3) is 0 Å². The van der Waals surface area contributed by atoms with Crippen molar-refractivity contribution in [2.75, 3.05) is 0 Å². The zero-order valence-corrected chi connectivity index (χ0v) is 6.84. The van der Waals surface area contributed by atoms with E-state index in [1.165, 1.54) is 0 Å². The highest BCUT2D eigenvalue weighted by molar-refractivity contribution is 5.83. The molecule has 3 N–H and O–H groups in total. The summed E-state index contributed by atoms with van der Waals surface area (Å²) in [5.41, 5.74) is 9.17. The van der Waals surface area contributed by atoms with E-state index in [0.717, 1.165) is 0 Å². The Morgan fingerprint density at radius 3 is 2.09 bits per heavy atom. The minimum Gasteiger partial charge on any atom is -0.348 e. The molecule has 5 heteroatoms. The van der Waals surface area contributed by atoms with Gasteiger partial charge in [-0.25, -0.2) is 10.2 Å². The van der Waals surface area contributed by atoms with Crippen molar-refractivity contribution in [1.82, 2.24) is 10.9 Å². The van der Waals surface area contributed by atoms with Gasteiger partial charge in [-0.1, -0.05) is 20.8 Å². The molecule has 0 fully saturated rings. The maximum Gasteiger partial charge on any atom is 0.355 e. The predicted octanol–water partition coefficient (Wildman–Crippen LogP) is -0.253. The minimum absolute atomic E-state index is 0.337. The average molecular weight is 158 g/mol. The van der Waals surface area contributed by atoms with E-state index in [9.17, 15) is 9.59 Å². The van der Waals surface area contributed by atoms with Gasteiger partial charge in [0.25, 0.3) is 0 Å². The van der Waals surface area contributed by atoms with Crippen molar-refractivity contribution >= 4 is 11.9 Å². The van der Waals surface area contributed by atoms with E-state index in [4.69, 9.17) is 0 Å². The van der Waals surface area contributed by atoms with Crippen LogP contribution in [0.2, 0.25) is 0 Å². The van der Waals surface area contributed by atoms with Gasteiger partial charge in [-0.3, -0.25) is 4.79 Å². The van der Waals surface area contributed by atoms with Crippen LogP contribution in [0.15, 0.2) is 0 Å². The SMILES string of the molecule is CC(C)(C)C(=O)N[N]C(N)=O. The number of primary amides is 1. The number of amides is 3. The molecule has 0 rings (SSSR count). The number of rotatable bonds is 0. The number of carbonyl (C=O) groups excluding carboxylic acids is 2. The molecule has 0 saturated carbocycles. The van der Waals surface area contributed by atoms with Crippen molar-refractivity contribution in [3.63, 3.8) is 0 Å². The summed E-state index contributed by atoms with van der Waals surface area (Å²) in [5, 5.41) is 0. The lowest BCUT2D eigenvalue weighted by Gasteiger charge is -2.15. The maximum absolute atomic E-state index is 11.0. The summed E-state index contributed by atoms with van der Waals surface area (Å²) in [5.74, 6) is -0.337. The molecule has 0 bridgehead atoms. The number of nitrogens with zero attached hydrogens (tertiary/aromatic N) is 1. The van der Waals surface area contributed by atoms with Crippen LogP contribution in [0, 0.1) is 5.41 Å². The Balaban J connectivity index is 3.80. The summed E-state index contributed by atoms with van der Waals surface area (Å²) in [6.07, 6.45) is 0. The molecule has 0 heterocycles. The summed E-state index contributed by atoms with van der Waals surface area (Å²) in [7, 11) is 0. The Bertz CT molecular complexity index is 171. The Morgan fingerprint density at radius 2 is 1.82 bits per heavy atom. The third-order valence-electron chi connectivity index (χ3n) is 0.949. The highest BCUT2D eigenvalue weighted by atomic mass is 16.2. The second-order valence-corrected chi connectivity index (χ2v) is 3.14. The number of nitrogens with two attached hydrogens (primary N) is 1. The van der Waals surface area contributed by atoms with E-state index in [1.54, 1.807) is 20.8 Å². The fraction of sp³-hybridized carbons (Fsp3) is 0.667. The predicted molar refractivity (Wildman–Crippen MR) is 39.3 cm³/mol. The molecule has 0 atom stereocenters. The molecule has 1 radical (unpaired) electrons. The van der Waals surface area contributed by atoms with Gasteiger partial charge >= 0.3 is 6.03 Å². The first kappa shape index (κ1) is 9.74. The van der Waals surface area contributed by atoms with Crippen LogP contribution in [0.5, 0.6) is 0 Å². The van der Waals surface area contributed by atoms with Gasteiger partial charge in [-0.05, 0) is 0 Å². The largest absolute Gasteiger partial charge is 0.355 e. The van der Waals surface area contributed by atoms with Crippen molar-refractivity contribution in [2.45, 2.75) is 20.8 Å². The summed E-state index contributed by atoms with van der Waals surface area (Å²) in [6.45, 7) is 5.12. The first-order valence-corrected chi connectivity index (χ1v) is 3.14. The second kappa shape index (κ2) is 3.23. The third-order valence-corrected chi connectivity index (χ3v) is 0.949. The molecule has 5 nitrogen and oxygen atoms in total. The van der Waals surface area contributed by atoms with Gasteiger partial charge in [0.05, 0.1) is 0 Å². The average Bonchev–Trinajstić information content (AvgIpc) is 1.80. The summed E-state index contributed by atoms with van der Waals surface area (Å²) >= 11 is 0.